The molecule has 1 N–H and O–H groups in total. The van der Waals surface area contributed by atoms with E-state index in [2.05, 4.69) is 6.58 Å². The predicted octanol–water partition coefficient (Wildman–Crippen LogP) is 2.20. The van der Waals surface area contributed by atoms with E-state index in [-0.39, 0.29) is 6.61 Å². The zero-order valence-corrected chi connectivity index (χ0v) is 9.61. The van der Waals surface area contributed by atoms with Gasteiger partial charge in [0.2, 0.25) is 0 Å². The Bertz CT molecular complexity index is 412. The molecule has 0 aromatic heterocycles. The Balaban J connectivity index is 2.97. The van der Waals surface area contributed by atoms with E-state index >= 15 is 0 Å². The van der Waals surface area contributed by atoms with Gasteiger partial charge in [0.25, 0.3) is 0 Å². The maximum Gasteiger partial charge on any atom is 0.101 e. The summed E-state index contributed by atoms with van der Waals surface area (Å²) in [4.78, 5) is 1.93. The van der Waals surface area contributed by atoms with Crippen molar-refractivity contribution in [2.24, 2.45) is 0 Å². The second-order valence-corrected chi connectivity index (χ2v) is 3.64. The zero-order chi connectivity index (χ0) is 12.0. The summed E-state index contributed by atoms with van der Waals surface area (Å²) < 4.78 is 0. The lowest BCUT2D eigenvalue weighted by atomic mass is 10.2. The lowest BCUT2D eigenvalue weighted by Crippen LogP contribution is -2.26. The predicted molar refractivity (Wildman–Crippen MR) is 65.7 cm³/mol. The van der Waals surface area contributed by atoms with E-state index in [1.54, 1.807) is 18.2 Å². The maximum absolute atomic E-state index is 8.93. The van der Waals surface area contributed by atoms with Gasteiger partial charge in [0, 0.05) is 18.8 Å². The second kappa shape index (κ2) is 6.16. The summed E-state index contributed by atoms with van der Waals surface area (Å²) in [6, 6.07) is 7.21. The molecule has 0 aliphatic rings. The SMILES string of the molecule is C=CCN(CCO)c1ccc(C#N)c(Cl)c1. The average Bonchev–Trinajstić information content (AvgIpc) is 2.28. The number of nitriles is 1. The van der Waals surface area contributed by atoms with E-state index in [1.165, 1.54) is 0 Å². The Hall–Kier alpha value is -1.50. The minimum atomic E-state index is 0.0610. The number of anilines is 1. The van der Waals surface area contributed by atoms with E-state index in [0.29, 0.717) is 23.7 Å². The molecule has 0 aliphatic carbocycles. The third kappa shape index (κ3) is 2.99. The van der Waals surface area contributed by atoms with Gasteiger partial charge in [-0.15, -0.1) is 6.58 Å². The van der Waals surface area contributed by atoms with E-state index in [4.69, 9.17) is 22.0 Å². The number of halogens is 1. The molecule has 0 fully saturated rings. The smallest absolute Gasteiger partial charge is 0.101 e. The van der Waals surface area contributed by atoms with Crippen LogP contribution >= 0.6 is 11.6 Å². The lowest BCUT2D eigenvalue weighted by Gasteiger charge is -2.22. The average molecular weight is 237 g/mol. The Morgan fingerprint density at radius 2 is 2.31 bits per heavy atom. The Morgan fingerprint density at radius 1 is 1.56 bits per heavy atom. The van der Waals surface area contributed by atoms with Crippen molar-refractivity contribution in [1.29, 1.82) is 5.26 Å². The molecule has 0 spiro atoms. The molecule has 4 heteroatoms. The highest BCUT2D eigenvalue weighted by molar-refractivity contribution is 6.32. The lowest BCUT2D eigenvalue weighted by molar-refractivity contribution is 0.303. The van der Waals surface area contributed by atoms with Crippen LogP contribution in [0.4, 0.5) is 5.69 Å². The molecule has 1 aromatic rings. The van der Waals surface area contributed by atoms with Crippen molar-refractivity contribution in [2.45, 2.75) is 0 Å². The molecule has 0 radical (unpaired) electrons. The van der Waals surface area contributed by atoms with Gasteiger partial charge in [-0.05, 0) is 18.2 Å². The fraction of sp³-hybridized carbons (Fsp3) is 0.250. The number of hydrogen-bond donors (Lipinski definition) is 1. The van der Waals surface area contributed by atoms with Gasteiger partial charge in [-0.1, -0.05) is 17.7 Å². The maximum atomic E-state index is 8.93. The molecule has 0 atom stereocenters. The van der Waals surface area contributed by atoms with Gasteiger partial charge in [-0.3, -0.25) is 0 Å². The second-order valence-electron chi connectivity index (χ2n) is 3.23. The van der Waals surface area contributed by atoms with Gasteiger partial charge in [-0.2, -0.15) is 5.26 Å². The first-order valence-electron chi connectivity index (χ1n) is 4.89. The molecule has 0 saturated carbocycles. The van der Waals surface area contributed by atoms with Crippen LogP contribution in [0.2, 0.25) is 5.02 Å². The first-order valence-corrected chi connectivity index (χ1v) is 5.27. The highest BCUT2D eigenvalue weighted by atomic mass is 35.5. The Morgan fingerprint density at radius 3 is 2.81 bits per heavy atom. The van der Waals surface area contributed by atoms with Crippen molar-refractivity contribution in [2.75, 3.05) is 24.6 Å². The van der Waals surface area contributed by atoms with Gasteiger partial charge in [0.05, 0.1) is 17.2 Å². The molecule has 1 aromatic carbocycles. The standard InChI is InChI=1S/C12H13ClN2O/c1-2-5-15(6-7-16)11-4-3-10(9-14)12(13)8-11/h2-4,8,16H,1,5-7H2. The minimum Gasteiger partial charge on any atom is -0.395 e. The van der Waals surface area contributed by atoms with Gasteiger partial charge < -0.3 is 10.0 Å². The Kier molecular flexibility index (Phi) is 4.84. The molecule has 0 saturated heterocycles. The largest absolute Gasteiger partial charge is 0.395 e. The van der Waals surface area contributed by atoms with Gasteiger partial charge in [-0.25, -0.2) is 0 Å². The number of hydrogen-bond acceptors (Lipinski definition) is 3. The van der Waals surface area contributed by atoms with Crippen molar-refractivity contribution in [1.82, 2.24) is 0 Å². The molecular weight excluding hydrogens is 224 g/mol. The van der Waals surface area contributed by atoms with Crippen LogP contribution in [0, 0.1) is 11.3 Å². The van der Waals surface area contributed by atoms with Crippen LogP contribution in [0.25, 0.3) is 0 Å². The molecule has 16 heavy (non-hydrogen) atoms. The van der Waals surface area contributed by atoms with Crippen LogP contribution in [0.3, 0.4) is 0 Å². The summed E-state index contributed by atoms with van der Waals surface area (Å²) in [5, 5.41) is 18.1. The van der Waals surface area contributed by atoms with Crippen molar-refractivity contribution < 1.29 is 5.11 Å². The molecule has 0 amide bonds. The topological polar surface area (TPSA) is 47.3 Å². The van der Waals surface area contributed by atoms with Crippen LogP contribution in [0.5, 0.6) is 0 Å². The summed E-state index contributed by atoms with van der Waals surface area (Å²) >= 11 is 5.94. The molecule has 0 heterocycles. The molecule has 0 unspecified atom stereocenters. The van der Waals surface area contributed by atoms with Crippen molar-refractivity contribution >= 4 is 17.3 Å². The summed E-state index contributed by atoms with van der Waals surface area (Å²) in [5.74, 6) is 0. The monoisotopic (exact) mass is 236 g/mol. The van der Waals surface area contributed by atoms with Gasteiger partial charge >= 0.3 is 0 Å². The first kappa shape index (κ1) is 12.6. The van der Waals surface area contributed by atoms with Crippen LogP contribution in [-0.2, 0) is 0 Å². The number of nitrogens with zero attached hydrogens (tertiary/aromatic N) is 2. The number of rotatable bonds is 5. The highest BCUT2D eigenvalue weighted by Gasteiger charge is 2.07. The highest BCUT2D eigenvalue weighted by Crippen LogP contribution is 2.23. The van der Waals surface area contributed by atoms with Crippen LogP contribution in [0.1, 0.15) is 5.56 Å². The van der Waals surface area contributed by atoms with E-state index < -0.39 is 0 Å². The number of benzene rings is 1. The summed E-state index contributed by atoms with van der Waals surface area (Å²) in [5.41, 5.74) is 1.32. The van der Waals surface area contributed by atoms with E-state index in [1.807, 2.05) is 17.0 Å². The number of aliphatic hydroxyl groups is 1. The van der Waals surface area contributed by atoms with Crippen molar-refractivity contribution in [3.63, 3.8) is 0 Å². The van der Waals surface area contributed by atoms with E-state index in [9.17, 15) is 0 Å². The summed E-state index contributed by atoms with van der Waals surface area (Å²) in [6.45, 7) is 4.85. The Labute approximate surface area is 100 Å². The number of aliphatic hydroxyl groups excluding tert-OH is 1. The zero-order valence-electron chi connectivity index (χ0n) is 8.86. The quantitative estimate of drug-likeness (QED) is 0.798. The minimum absolute atomic E-state index is 0.0610. The van der Waals surface area contributed by atoms with Crippen LogP contribution in [-0.4, -0.2) is 24.8 Å². The molecule has 84 valence electrons. The van der Waals surface area contributed by atoms with Crippen molar-refractivity contribution in [3.05, 3.63) is 41.4 Å². The normalized spacial score (nSPS) is 9.56. The summed E-state index contributed by atoms with van der Waals surface area (Å²) in [6.07, 6.45) is 1.75. The molecule has 1 rings (SSSR count). The first-order chi connectivity index (χ1) is 7.72. The fourth-order valence-electron chi connectivity index (χ4n) is 1.39. The molecule has 0 aliphatic heterocycles. The third-order valence-electron chi connectivity index (χ3n) is 2.16. The molecular formula is C12H13ClN2O. The third-order valence-corrected chi connectivity index (χ3v) is 2.47. The fourth-order valence-corrected chi connectivity index (χ4v) is 1.61. The molecule has 3 nitrogen and oxygen atoms in total. The van der Waals surface area contributed by atoms with E-state index in [0.717, 1.165) is 5.69 Å². The van der Waals surface area contributed by atoms with Gasteiger partial charge in [0.15, 0.2) is 0 Å². The van der Waals surface area contributed by atoms with Crippen LogP contribution in [0.15, 0.2) is 30.9 Å². The molecule has 0 bridgehead atoms. The van der Waals surface area contributed by atoms with Crippen molar-refractivity contribution in [3.8, 4) is 6.07 Å². The van der Waals surface area contributed by atoms with Crippen LogP contribution < -0.4 is 4.90 Å². The van der Waals surface area contributed by atoms with Gasteiger partial charge in [0.1, 0.15) is 6.07 Å². The summed E-state index contributed by atoms with van der Waals surface area (Å²) in [7, 11) is 0.